The first kappa shape index (κ1) is 15.0. The van der Waals surface area contributed by atoms with Gasteiger partial charge in [-0.3, -0.25) is 9.69 Å². The van der Waals surface area contributed by atoms with Crippen molar-refractivity contribution < 1.29 is 9.90 Å². The van der Waals surface area contributed by atoms with Crippen molar-refractivity contribution in [3.8, 4) is 0 Å². The van der Waals surface area contributed by atoms with Gasteiger partial charge in [-0.05, 0) is 30.5 Å². The van der Waals surface area contributed by atoms with E-state index in [0.29, 0.717) is 13.0 Å². The van der Waals surface area contributed by atoms with Gasteiger partial charge in [0, 0.05) is 25.6 Å². The van der Waals surface area contributed by atoms with E-state index < -0.39 is 0 Å². The molecule has 0 saturated carbocycles. The van der Waals surface area contributed by atoms with Crippen LogP contribution in [0, 0.1) is 0 Å². The van der Waals surface area contributed by atoms with Gasteiger partial charge in [-0.15, -0.1) is 0 Å². The third kappa shape index (κ3) is 3.81. The van der Waals surface area contributed by atoms with Gasteiger partial charge >= 0.3 is 0 Å². The van der Waals surface area contributed by atoms with Gasteiger partial charge in [0.05, 0.1) is 6.61 Å². The monoisotopic (exact) mass is 276 g/mol. The Kier molecular flexibility index (Phi) is 5.56. The van der Waals surface area contributed by atoms with Crippen molar-refractivity contribution in [2.45, 2.75) is 45.3 Å². The fourth-order valence-electron chi connectivity index (χ4n) is 2.73. The fourth-order valence-corrected chi connectivity index (χ4v) is 2.73. The number of likely N-dealkylation sites (tertiary alicyclic amines) is 1. The van der Waals surface area contributed by atoms with Crippen LogP contribution >= 0.6 is 0 Å². The van der Waals surface area contributed by atoms with E-state index in [0.717, 1.165) is 31.5 Å². The maximum Gasteiger partial charge on any atom is 0.219 e. The zero-order valence-electron chi connectivity index (χ0n) is 12.1. The van der Waals surface area contributed by atoms with Crippen LogP contribution in [-0.2, 0) is 17.9 Å². The summed E-state index contributed by atoms with van der Waals surface area (Å²) in [7, 11) is 0. The molecular weight excluding hydrogens is 252 g/mol. The zero-order valence-corrected chi connectivity index (χ0v) is 12.1. The molecule has 0 bridgehead atoms. The minimum absolute atomic E-state index is 0.0780. The van der Waals surface area contributed by atoms with Gasteiger partial charge < -0.3 is 10.4 Å². The van der Waals surface area contributed by atoms with Crippen LogP contribution in [0.25, 0.3) is 0 Å². The molecule has 1 amide bonds. The van der Waals surface area contributed by atoms with Crippen molar-refractivity contribution in [1.29, 1.82) is 0 Å². The van der Waals surface area contributed by atoms with Gasteiger partial charge in [-0.2, -0.15) is 0 Å². The van der Waals surface area contributed by atoms with Gasteiger partial charge in [0.2, 0.25) is 5.91 Å². The first-order valence-corrected chi connectivity index (χ1v) is 7.43. The van der Waals surface area contributed by atoms with Crippen LogP contribution in [0.1, 0.15) is 37.3 Å². The third-order valence-electron chi connectivity index (χ3n) is 4.00. The summed E-state index contributed by atoms with van der Waals surface area (Å²) in [4.78, 5) is 13.7. The van der Waals surface area contributed by atoms with E-state index in [1.165, 1.54) is 5.56 Å². The maximum atomic E-state index is 11.4. The number of benzene rings is 1. The van der Waals surface area contributed by atoms with Crippen LogP contribution in [0.4, 0.5) is 0 Å². The SMILES string of the molecule is CCC(=O)NCc1ccccc1CN1CCCC1CO. The molecule has 1 atom stereocenters. The highest BCUT2D eigenvalue weighted by Crippen LogP contribution is 2.21. The van der Waals surface area contributed by atoms with Gasteiger partial charge in [0.1, 0.15) is 0 Å². The molecule has 1 aliphatic rings. The van der Waals surface area contributed by atoms with E-state index in [4.69, 9.17) is 0 Å². The number of hydrogen-bond acceptors (Lipinski definition) is 3. The van der Waals surface area contributed by atoms with Crippen molar-refractivity contribution in [2.24, 2.45) is 0 Å². The number of nitrogens with one attached hydrogen (secondary N) is 1. The van der Waals surface area contributed by atoms with Crippen LogP contribution in [-0.4, -0.2) is 35.1 Å². The van der Waals surface area contributed by atoms with E-state index in [1.807, 2.05) is 19.1 Å². The molecule has 20 heavy (non-hydrogen) atoms. The second-order valence-electron chi connectivity index (χ2n) is 5.35. The molecule has 1 aliphatic heterocycles. The molecule has 1 fully saturated rings. The molecule has 110 valence electrons. The Morgan fingerprint density at radius 3 is 2.85 bits per heavy atom. The number of aliphatic hydroxyl groups is 1. The second kappa shape index (κ2) is 7.41. The quantitative estimate of drug-likeness (QED) is 0.831. The molecule has 0 aliphatic carbocycles. The standard InChI is InChI=1S/C16H24N2O2/c1-2-16(20)17-10-13-6-3-4-7-14(13)11-18-9-5-8-15(18)12-19/h3-4,6-7,15,19H,2,5,8-12H2,1H3,(H,17,20). The van der Waals surface area contributed by atoms with E-state index in [1.54, 1.807) is 0 Å². The Labute approximate surface area is 120 Å². The molecule has 2 rings (SSSR count). The summed E-state index contributed by atoms with van der Waals surface area (Å²) in [5, 5.41) is 12.3. The predicted molar refractivity (Wildman–Crippen MR) is 79.1 cm³/mol. The molecule has 0 spiro atoms. The summed E-state index contributed by atoms with van der Waals surface area (Å²) < 4.78 is 0. The molecule has 2 N–H and O–H groups in total. The highest BCUT2D eigenvalue weighted by Gasteiger charge is 2.24. The number of nitrogens with zero attached hydrogens (tertiary/aromatic N) is 1. The van der Waals surface area contributed by atoms with Crippen LogP contribution < -0.4 is 5.32 Å². The van der Waals surface area contributed by atoms with Crippen molar-refractivity contribution in [3.63, 3.8) is 0 Å². The molecule has 1 aromatic rings. The summed E-state index contributed by atoms with van der Waals surface area (Å²) in [6.07, 6.45) is 2.74. The lowest BCUT2D eigenvalue weighted by Crippen LogP contribution is -2.32. The van der Waals surface area contributed by atoms with Crippen LogP contribution in [0.2, 0.25) is 0 Å². The van der Waals surface area contributed by atoms with Crippen LogP contribution in [0.5, 0.6) is 0 Å². The average molecular weight is 276 g/mol. The molecule has 1 saturated heterocycles. The van der Waals surface area contributed by atoms with Crippen molar-refractivity contribution >= 4 is 5.91 Å². The predicted octanol–water partition coefficient (Wildman–Crippen LogP) is 1.67. The summed E-state index contributed by atoms with van der Waals surface area (Å²) in [6, 6.07) is 8.50. The van der Waals surface area contributed by atoms with Crippen molar-refractivity contribution in [1.82, 2.24) is 10.2 Å². The normalized spacial score (nSPS) is 19.2. The average Bonchev–Trinajstić information content (AvgIpc) is 2.93. The molecule has 0 aromatic heterocycles. The van der Waals surface area contributed by atoms with E-state index in [9.17, 15) is 9.90 Å². The maximum absolute atomic E-state index is 11.4. The highest BCUT2D eigenvalue weighted by atomic mass is 16.3. The van der Waals surface area contributed by atoms with E-state index in [2.05, 4.69) is 22.3 Å². The minimum Gasteiger partial charge on any atom is -0.395 e. The number of carbonyl (C=O) groups is 1. The molecule has 1 heterocycles. The minimum atomic E-state index is 0.0780. The highest BCUT2D eigenvalue weighted by molar-refractivity contribution is 5.75. The molecule has 0 radical (unpaired) electrons. The fraction of sp³-hybridized carbons (Fsp3) is 0.562. The first-order valence-electron chi connectivity index (χ1n) is 7.43. The van der Waals surface area contributed by atoms with E-state index in [-0.39, 0.29) is 18.6 Å². The Balaban J connectivity index is 2.02. The lowest BCUT2D eigenvalue weighted by atomic mass is 10.1. The Morgan fingerprint density at radius 1 is 1.40 bits per heavy atom. The number of carbonyl (C=O) groups excluding carboxylic acids is 1. The van der Waals surface area contributed by atoms with Gasteiger partial charge in [-0.1, -0.05) is 31.2 Å². The number of rotatable bonds is 6. The number of aliphatic hydroxyl groups excluding tert-OH is 1. The van der Waals surface area contributed by atoms with Crippen molar-refractivity contribution in [2.75, 3.05) is 13.2 Å². The van der Waals surface area contributed by atoms with Crippen molar-refractivity contribution in [3.05, 3.63) is 35.4 Å². The number of hydrogen-bond donors (Lipinski definition) is 2. The lowest BCUT2D eigenvalue weighted by Gasteiger charge is -2.24. The molecule has 4 heteroatoms. The molecule has 1 unspecified atom stereocenters. The number of amides is 1. The third-order valence-corrected chi connectivity index (χ3v) is 4.00. The molecule has 4 nitrogen and oxygen atoms in total. The van der Waals surface area contributed by atoms with Gasteiger partial charge in [-0.25, -0.2) is 0 Å². The largest absolute Gasteiger partial charge is 0.395 e. The summed E-state index contributed by atoms with van der Waals surface area (Å²) in [5.74, 6) is 0.0780. The summed E-state index contributed by atoms with van der Waals surface area (Å²) in [5.41, 5.74) is 2.40. The molecule has 1 aromatic carbocycles. The van der Waals surface area contributed by atoms with Gasteiger partial charge in [0.25, 0.3) is 0 Å². The van der Waals surface area contributed by atoms with Gasteiger partial charge in [0.15, 0.2) is 0 Å². The lowest BCUT2D eigenvalue weighted by molar-refractivity contribution is -0.120. The molecular formula is C16H24N2O2. The second-order valence-corrected chi connectivity index (χ2v) is 5.35. The summed E-state index contributed by atoms with van der Waals surface area (Å²) >= 11 is 0. The van der Waals surface area contributed by atoms with Crippen LogP contribution in [0.3, 0.4) is 0 Å². The topological polar surface area (TPSA) is 52.6 Å². The first-order chi connectivity index (χ1) is 9.74. The Bertz CT molecular complexity index is 448. The van der Waals surface area contributed by atoms with E-state index >= 15 is 0 Å². The zero-order chi connectivity index (χ0) is 14.4. The summed E-state index contributed by atoms with van der Waals surface area (Å²) in [6.45, 7) is 4.57. The Morgan fingerprint density at radius 2 is 2.15 bits per heavy atom. The van der Waals surface area contributed by atoms with Crippen LogP contribution in [0.15, 0.2) is 24.3 Å². The Hall–Kier alpha value is -1.39. The smallest absolute Gasteiger partial charge is 0.219 e.